The summed E-state index contributed by atoms with van der Waals surface area (Å²) < 4.78 is 22.6. The van der Waals surface area contributed by atoms with Gasteiger partial charge in [0.25, 0.3) is 0 Å². The van der Waals surface area contributed by atoms with Gasteiger partial charge in [0.05, 0.1) is 56.7 Å². The van der Waals surface area contributed by atoms with Gasteiger partial charge < -0.3 is 34.1 Å². The van der Waals surface area contributed by atoms with Crippen LogP contribution in [-0.4, -0.2) is 92.9 Å². The maximum atomic E-state index is 5.73. The van der Waals surface area contributed by atoms with Crippen LogP contribution in [0.2, 0.25) is 0 Å². The van der Waals surface area contributed by atoms with E-state index in [1.54, 1.807) is 7.11 Å². The fourth-order valence-electron chi connectivity index (χ4n) is 5.79. The average Bonchev–Trinajstić information content (AvgIpc) is 3.00. The molecule has 2 atom stereocenters. The van der Waals surface area contributed by atoms with Crippen molar-refractivity contribution in [2.24, 2.45) is 0 Å². The molecule has 6 rings (SSSR count). The minimum atomic E-state index is 0.191. The first-order valence-electron chi connectivity index (χ1n) is 14.5. The molecule has 0 aliphatic carbocycles. The number of fused-ring (bicyclic) bond motifs is 1. The van der Waals surface area contributed by atoms with E-state index < -0.39 is 0 Å². The zero-order chi connectivity index (χ0) is 27.5. The molecule has 0 bridgehead atoms. The SMILES string of the molecule is COc1ccc(-c2ccc3c(N4CCOCC4C)nc(N4CCOC[C@@H]4C)nc3n2)cc1CNC1CCOCC1. The zero-order valence-electron chi connectivity index (χ0n) is 23.8. The van der Waals surface area contributed by atoms with Gasteiger partial charge in [-0.2, -0.15) is 9.97 Å². The Morgan fingerprint density at radius 1 is 0.875 bits per heavy atom. The van der Waals surface area contributed by atoms with Crippen molar-refractivity contribution in [1.82, 2.24) is 20.3 Å². The van der Waals surface area contributed by atoms with Crippen LogP contribution in [0.15, 0.2) is 30.3 Å². The number of rotatable bonds is 7. The highest BCUT2D eigenvalue weighted by molar-refractivity contribution is 5.90. The lowest BCUT2D eigenvalue weighted by Gasteiger charge is -2.37. The van der Waals surface area contributed by atoms with E-state index in [9.17, 15) is 0 Å². The van der Waals surface area contributed by atoms with Crippen molar-refractivity contribution in [3.05, 3.63) is 35.9 Å². The predicted octanol–water partition coefficient (Wildman–Crippen LogP) is 3.42. The van der Waals surface area contributed by atoms with Crippen LogP contribution in [0, 0.1) is 0 Å². The van der Waals surface area contributed by atoms with E-state index in [-0.39, 0.29) is 12.1 Å². The molecule has 0 spiro atoms. The van der Waals surface area contributed by atoms with Crippen molar-refractivity contribution in [1.29, 1.82) is 0 Å². The summed E-state index contributed by atoms with van der Waals surface area (Å²) in [4.78, 5) is 19.8. The molecular formula is C30H40N6O4. The Morgan fingerprint density at radius 3 is 2.35 bits per heavy atom. The molecule has 0 amide bonds. The molecule has 3 fully saturated rings. The topological polar surface area (TPSA) is 94.1 Å². The molecule has 1 unspecified atom stereocenters. The monoisotopic (exact) mass is 548 g/mol. The fourth-order valence-corrected chi connectivity index (χ4v) is 5.79. The number of methoxy groups -OCH3 is 1. The molecule has 3 aliphatic heterocycles. The van der Waals surface area contributed by atoms with Crippen molar-refractivity contribution in [2.45, 2.75) is 51.4 Å². The van der Waals surface area contributed by atoms with Gasteiger partial charge in [0.2, 0.25) is 5.95 Å². The summed E-state index contributed by atoms with van der Waals surface area (Å²) >= 11 is 0. The second kappa shape index (κ2) is 12.2. The van der Waals surface area contributed by atoms with Crippen LogP contribution in [0.1, 0.15) is 32.3 Å². The third-order valence-corrected chi connectivity index (χ3v) is 8.17. The maximum Gasteiger partial charge on any atom is 0.229 e. The molecule has 3 saturated heterocycles. The van der Waals surface area contributed by atoms with Gasteiger partial charge in [-0.3, -0.25) is 0 Å². The summed E-state index contributed by atoms with van der Waals surface area (Å²) in [6, 6.07) is 11.3. The molecule has 2 aromatic heterocycles. The van der Waals surface area contributed by atoms with E-state index >= 15 is 0 Å². The zero-order valence-corrected chi connectivity index (χ0v) is 23.8. The van der Waals surface area contributed by atoms with E-state index in [4.69, 9.17) is 33.9 Å². The van der Waals surface area contributed by atoms with Crippen molar-refractivity contribution < 1.29 is 18.9 Å². The molecule has 40 heavy (non-hydrogen) atoms. The smallest absolute Gasteiger partial charge is 0.229 e. The highest BCUT2D eigenvalue weighted by atomic mass is 16.5. The molecule has 10 heteroatoms. The van der Waals surface area contributed by atoms with Gasteiger partial charge in [-0.25, -0.2) is 4.98 Å². The number of nitrogens with zero attached hydrogens (tertiary/aromatic N) is 5. The van der Waals surface area contributed by atoms with E-state index in [1.165, 1.54) is 0 Å². The lowest BCUT2D eigenvalue weighted by molar-refractivity contribution is 0.0775. The highest BCUT2D eigenvalue weighted by Gasteiger charge is 2.27. The van der Waals surface area contributed by atoms with Gasteiger partial charge in [-0.15, -0.1) is 0 Å². The van der Waals surface area contributed by atoms with Crippen LogP contribution >= 0.6 is 0 Å². The van der Waals surface area contributed by atoms with Crippen molar-refractivity contribution >= 4 is 22.8 Å². The number of hydrogen-bond donors (Lipinski definition) is 1. The van der Waals surface area contributed by atoms with E-state index in [1.807, 2.05) is 6.07 Å². The second-order valence-corrected chi connectivity index (χ2v) is 10.9. The largest absolute Gasteiger partial charge is 0.496 e. The molecule has 0 saturated carbocycles. The first-order chi connectivity index (χ1) is 19.6. The van der Waals surface area contributed by atoms with Gasteiger partial charge in [0, 0.05) is 50.0 Å². The number of nitrogens with one attached hydrogen (secondary N) is 1. The Labute approximate surface area is 236 Å². The van der Waals surface area contributed by atoms with Crippen LogP contribution in [0.5, 0.6) is 5.75 Å². The molecule has 3 aromatic rings. The van der Waals surface area contributed by atoms with Crippen LogP contribution in [0.4, 0.5) is 11.8 Å². The van der Waals surface area contributed by atoms with Crippen molar-refractivity contribution in [2.75, 3.05) is 69.6 Å². The number of anilines is 2. The molecule has 1 aromatic carbocycles. The first kappa shape index (κ1) is 27.1. The van der Waals surface area contributed by atoms with Gasteiger partial charge in [0.1, 0.15) is 11.6 Å². The average molecular weight is 549 g/mol. The maximum absolute atomic E-state index is 5.73. The van der Waals surface area contributed by atoms with Gasteiger partial charge in [-0.1, -0.05) is 0 Å². The number of aromatic nitrogens is 3. The number of morpholine rings is 2. The summed E-state index contributed by atoms with van der Waals surface area (Å²) in [6.07, 6.45) is 2.06. The summed E-state index contributed by atoms with van der Waals surface area (Å²) in [5.41, 5.74) is 3.73. The van der Waals surface area contributed by atoms with Gasteiger partial charge in [0.15, 0.2) is 5.65 Å². The highest BCUT2D eigenvalue weighted by Crippen LogP contribution is 2.32. The Kier molecular flexibility index (Phi) is 8.29. The van der Waals surface area contributed by atoms with Crippen LogP contribution in [0.3, 0.4) is 0 Å². The predicted molar refractivity (Wildman–Crippen MR) is 155 cm³/mol. The van der Waals surface area contributed by atoms with E-state index in [0.717, 1.165) is 79.5 Å². The summed E-state index contributed by atoms with van der Waals surface area (Å²) in [5.74, 6) is 2.50. The standard InChI is InChI=1S/C30H40N6O4/c1-20-18-39-14-10-35(20)29-25-5-6-26(32-28(25)33-30(34-29)36-11-15-40-19-21(36)2)22-4-7-27(37-3)23(16-22)17-31-24-8-12-38-13-9-24/h4-7,16,20-21,24,31H,8-15,17-19H2,1-3H3/t20?,21-/m0/s1. The van der Waals surface area contributed by atoms with E-state index in [2.05, 4.69) is 53.2 Å². The summed E-state index contributed by atoms with van der Waals surface area (Å²) in [6.45, 7) is 10.9. The molecular weight excluding hydrogens is 508 g/mol. The van der Waals surface area contributed by atoms with E-state index in [0.29, 0.717) is 44.1 Å². The number of hydrogen-bond acceptors (Lipinski definition) is 10. The molecule has 0 radical (unpaired) electrons. The van der Waals surface area contributed by atoms with Gasteiger partial charge in [-0.05, 0) is 57.0 Å². The Balaban J connectivity index is 1.37. The second-order valence-electron chi connectivity index (χ2n) is 10.9. The molecule has 1 N–H and O–H groups in total. The fraction of sp³-hybridized carbons (Fsp3) is 0.567. The lowest BCUT2D eigenvalue weighted by Crippen LogP contribution is -2.46. The summed E-state index contributed by atoms with van der Waals surface area (Å²) in [7, 11) is 1.72. The normalized spacial score (nSPS) is 22.6. The van der Waals surface area contributed by atoms with Crippen LogP contribution < -0.4 is 19.9 Å². The quantitative estimate of drug-likeness (QED) is 0.473. The van der Waals surface area contributed by atoms with Crippen molar-refractivity contribution in [3.8, 4) is 17.0 Å². The van der Waals surface area contributed by atoms with Crippen LogP contribution in [-0.2, 0) is 20.8 Å². The third-order valence-electron chi connectivity index (χ3n) is 8.17. The molecule has 10 nitrogen and oxygen atoms in total. The number of pyridine rings is 1. The molecule has 214 valence electrons. The van der Waals surface area contributed by atoms with Crippen LogP contribution in [0.25, 0.3) is 22.3 Å². The summed E-state index contributed by atoms with van der Waals surface area (Å²) in [5, 5.41) is 4.64. The minimum absolute atomic E-state index is 0.191. The first-order valence-corrected chi connectivity index (χ1v) is 14.5. The lowest BCUT2D eigenvalue weighted by atomic mass is 10.0. The Morgan fingerprint density at radius 2 is 1.62 bits per heavy atom. The Hall–Kier alpha value is -3.05. The molecule has 5 heterocycles. The third kappa shape index (κ3) is 5.72. The Bertz CT molecular complexity index is 1320. The van der Waals surface area contributed by atoms with Gasteiger partial charge >= 0.3 is 0 Å². The molecule has 3 aliphatic rings. The van der Waals surface area contributed by atoms with Crippen molar-refractivity contribution in [3.63, 3.8) is 0 Å². The number of ether oxygens (including phenoxy) is 4. The minimum Gasteiger partial charge on any atom is -0.496 e. The number of benzene rings is 1.